The number of nitrogens with one attached hydrogen (secondary N) is 1. The summed E-state index contributed by atoms with van der Waals surface area (Å²) >= 11 is 0. The highest BCUT2D eigenvalue weighted by Crippen LogP contribution is 2.42. The monoisotopic (exact) mass is 313 g/mol. The van der Waals surface area contributed by atoms with E-state index in [1.807, 2.05) is 17.0 Å². The first-order chi connectivity index (χ1) is 11.0. The van der Waals surface area contributed by atoms with Gasteiger partial charge in [-0.15, -0.1) is 0 Å². The number of likely N-dealkylation sites (tertiary alicyclic amines) is 1. The van der Waals surface area contributed by atoms with Crippen molar-refractivity contribution in [1.29, 1.82) is 5.26 Å². The third-order valence-corrected chi connectivity index (χ3v) is 4.81. The van der Waals surface area contributed by atoms with Crippen LogP contribution in [0.15, 0.2) is 24.3 Å². The topological polar surface area (TPSA) is 65.4 Å². The van der Waals surface area contributed by atoms with Crippen molar-refractivity contribution in [2.75, 3.05) is 25.0 Å². The standard InChI is InChI=1S/C18H23N3O2/c1-18(2)12-21(17(18)15-4-3-9-23-15)16(22)11-20-14-7-5-13(10-19)6-8-14/h5-8,15,17,20H,3-4,9,11-12H2,1-2H3. The summed E-state index contributed by atoms with van der Waals surface area (Å²) in [5.74, 6) is 0.106. The van der Waals surface area contributed by atoms with Crippen molar-refractivity contribution in [3.63, 3.8) is 0 Å². The molecular formula is C18H23N3O2. The molecule has 0 saturated carbocycles. The van der Waals surface area contributed by atoms with Gasteiger partial charge in [0.25, 0.3) is 0 Å². The quantitative estimate of drug-likeness (QED) is 0.927. The van der Waals surface area contributed by atoms with Crippen LogP contribution in [0.2, 0.25) is 0 Å². The molecule has 0 spiro atoms. The van der Waals surface area contributed by atoms with E-state index in [4.69, 9.17) is 10.00 Å². The van der Waals surface area contributed by atoms with Crippen molar-refractivity contribution in [3.8, 4) is 6.07 Å². The summed E-state index contributed by atoms with van der Waals surface area (Å²) in [6, 6.07) is 9.40. The van der Waals surface area contributed by atoms with E-state index in [-0.39, 0.29) is 30.0 Å². The average Bonchev–Trinajstić information content (AvgIpc) is 3.04. The summed E-state index contributed by atoms with van der Waals surface area (Å²) in [6.45, 7) is 6.27. The van der Waals surface area contributed by atoms with Gasteiger partial charge >= 0.3 is 0 Å². The molecule has 23 heavy (non-hydrogen) atoms. The number of carbonyl (C=O) groups excluding carboxylic acids is 1. The van der Waals surface area contributed by atoms with Gasteiger partial charge in [-0.2, -0.15) is 5.26 Å². The van der Waals surface area contributed by atoms with Gasteiger partial charge in [0.15, 0.2) is 0 Å². The van der Waals surface area contributed by atoms with Crippen molar-refractivity contribution < 1.29 is 9.53 Å². The summed E-state index contributed by atoms with van der Waals surface area (Å²) < 4.78 is 5.82. The second-order valence-electron chi connectivity index (χ2n) is 7.05. The molecule has 0 aliphatic carbocycles. The Morgan fingerprint density at radius 1 is 1.43 bits per heavy atom. The van der Waals surface area contributed by atoms with Crippen LogP contribution in [0.4, 0.5) is 5.69 Å². The van der Waals surface area contributed by atoms with Gasteiger partial charge < -0.3 is 15.0 Å². The molecule has 2 saturated heterocycles. The number of anilines is 1. The van der Waals surface area contributed by atoms with Crippen LogP contribution in [0, 0.1) is 16.7 Å². The lowest BCUT2D eigenvalue weighted by atomic mass is 9.71. The van der Waals surface area contributed by atoms with E-state index in [1.54, 1.807) is 12.1 Å². The maximum Gasteiger partial charge on any atom is 0.242 e. The molecule has 0 aromatic heterocycles. The van der Waals surface area contributed by atoms with E-state index in [0.29, 0.717) is 5.56 Å². The van der Waals surface area contributed by atoms with Gasteiger partial charge in [0.2, 0.25) is 5.91 Å². The minimum Gasteiger partial charge on any atom is -0.376 e. The molecule has 2 unspecified atom stereocenters. The number of ether oxygens (including phenoxy) is 1. The van der Waals surface area contributed by atoms with Gasteiger partial charge in [-0.1, -0.05) is 13.8 Å². The van der Waals surface area contributed by atoms with Gasteiger partial charge in [-0.25, -0.2) is 0 Å². The zero-order valence-corrected chi connectivity index (χ0v) is 13.7. The number of hydrogen-bond donors (Lipinski definition) is 1. The minimum absolute atomic E-state index is 0.106. The average molecular weight is 313 g/mol. The number of nitriles is 1. The summed E-state index contributed by atoms with van der Waals surface area (Å²) in [5, 5.41) is 11.9. The van der Waals surface area contributed by atoms with Gasteiger partial charge in [-0.3, -0.25) is 4.79 Å². The Morgan fingerprint density at radius 3 is 2.74 bits per heavy atom. The van der Waals surface area contributed by atoms with E-state index in [2.05, 4.69) is 25.2 Å². The molecule has 2 fully saturated rings. The Kier molecular flexibility index (Phi) is 4.27. The fourth-order valence-electron chi connectivity index (χ4n) is 3.68. The van der Waals surface area contributed by atoms with Crippen molar-refractivity contribution in [2.45, 2.75) is 38.8 Å². The second-order valence-corrected chi connectivity index (χ2v) is 7.05. The Hall–Kier alpha value is -2.06. The molecule has 2 heterocycles. The number of hydrogen-bond acceptors (Lipinski definition) is 4. The highest BCUT2D eigenvalue weighted by molar-refractivity contribution is 5.82. The molecule has 1 amide bonds. The number of benzene rings is 1. The van der Waals surface area contributed by atoms with Gasteiger partial charge in [-0.05, 0) is 37.1 Å². The van der Waals surface area contributed by atoms with Crippen LogP contribution in [0.3, 0.4) is 0 Å². The van der Waals surface area contributed by atoms with Gasteiger partial charge in [0, 0.05) is 24.3 Å². The molecular weight excluding hydrogens is 290 g/mol. The number of amides is 1. The zero-order valence-electron chi connectivity index (χ0n) is 13.7. The zero-order chi connectivity index (χ0) is 16.4. The minimum atomic E-state index is 0.106. The van der Waals surface area contributed by atoms with E-state index in [1.165, 1.54) is 0 Å². The molecule has 1 aromatic carbocycles. The lowest BCUT2D eigenvalue weighted by Crippen LogP contribution is -2.68. The highest BCUT2D eigenvalue weighted by Gasteiger charge is 2.52. The van der Waals surface area contributed by atoms with Crippen molar-refractivity contribution in [1.82, 2.24) is 4.90 Å². The van der Waals surface area contributed by atoms with Crippen LogP contribution in [0.25, 0.3) is 0 Å². The number of carbonyl (C=O) groups is 1. The number of rotatable bonds is 4. The lowest BCUT2D eigenvalue weighted by Gasteiger charge is -2.56. The molecule has 5 nitrogen and oxygen atoms in total. The Morgan fingerprint density at radius 2 is 2.17 bits per heavy atom. The smallest absolute Gasteiger partial charge is 0.242 e. The van der Waals surface area contributed by atoms with Crippen LogP contribution >= 0.6 is 0 Å². The Labute approximate surface area is 137 Å². The molecule has 1 N–H and O–H groups in total. The number of nitrogens with zero attached hydrogens (tertiary/aromatic N) is 2. The molecule has 5 heteroatoms. The molecule has 0 radical (unpaired) electrons. The highest BCUT2D eigenvalue weighted by atomic mass is 16.5. The largest absolute Gasteiger partial charge is 0.376 e. The fraction of sp³-hybridized carbons (Fsp3) is 0.556. The van der Waals surface area contributed by atoms with Crippen molar-refractivity contribution >= 4 is 11.6 Å². The normalized spacial score (nSPS) is 25.5. The first kappa shape index (κ1) is 15.8. The van der Waals surface area contributed by atoms with Crippen LogP contribution in [0.1, 0.15) is 32.3 Å². The van der Waals surface area contributed by atoms with Crippen LogP contribution < -0.4 is 5.32 Å². The fourth-order valence-corrected chi connectivity index (χ4v) is 3.68. The molecule has 0 bridgehead atoms. The molecule has 2 aliphatic rings. The predicted molar refractivity (Wildman–Crippen MR) is 87.9 cm³/mol. The molecule has 1 aromatic rings. The molecule has 3 rings (SSSR count). The second kappa shape index (κ2) is 6.21. The van der Waals surface area contributed by atoms with Gasteiger partial charge in [0.1, 0.15) is 0 Å². The van der Waals surface area contributed by atoms with Crippen molar-refractivity contribution in [3.05, 3.63) is 29.8 Å². The molecule has 122 valence electrons. The maximum atomic E-state index is 12.5. The predicted octanol–water partition coefficient (Wildman–Crippen LogP) is 2.39. The summed E-state index contributed by atoms with van der Waals surface area (Å²) in [5.41, 5.74) is 1.59. The summed E-state index contributed by atoms with van der Waals surface area (Å²) in [7, 11) is 0. The van der Waals surface area contributed by atoms with E-state index in [0.717, 1.165) is 31.7 Å². The Balaban J connectivity index is 1.58. The van der Waals surface area contributed by atoms with E-state index >= 15 is 0 Å². The van der Waals surface area contributed by atoms with E-state index < -0.39 is 0 Å². The van der Waals surface area contributed by atoms with Crippen LogP contribution in [-0.2, 0) is 9.53 Å². The van der Waals surface area contributed by atoms with E-state index in [9.17, 15) is 4.79 Å². The van der Waals surface area contributed by atoms with Crippen LogP contribution in [-0.4, -0.2) is 42.6 Å². The third kappa shape index (κ3) is 3.18. The first-order valence-corrected chi connectivity index (χ1v) is 8.16. The summed E-state index contributed by atoms with van der Waals surface area (Å²) in [6.07, 6.45) is 2.31. The SMILES string of the molecule is CC1(C)CN(C(=O)CNc2ccc(C#N)cc2)C1C1CCCO1. The maximum absolute atomic E-state index is 12.5. The molecule has 2 atom stereocenters. The third-order valence-electron chi connectivity index (χ3n) is 4.81. The summed E-state index contributed by atoms with van der Waals surface area (Å²) in [4.78, 5) is 14.5. The lowest BCUT2D eigenvalue weighted by molar-refractivity contribution is -0.162. The van der Waals surface area contributed by atoms with Crippen molar-refractivity contribution in [2.24, 2.45) is 5.41 Å². The van der Waals surface area contributed by atoms with Crippen LogP contribution in [0.5, 0.6) is 0 Å². The molecule has 2 aliphatic heterocycles. The first-order valence-electron chi connectivity index (χ1n) is 8.16. The van der Waals surface area contributed by atoms with Gasteiger partial charge in [0.05, 0.1) is 30.3 Å². The Bertz CT molecular complexity index is 612.